The predicted octanol–water partition coefficient (Wildman–Crippen LogP) is 3.19. The van der Waals surface area contributed by atoms with Crippen LogP contribution in [0.1, 0.15) is 46.9 Å². The molecule has 22 heavy (non-hydrogen) atoms. The lowest BCUT2D eigenvalue weighted by Crippen LogP contribution is -2.27. The standard InChI is InChI=1S/C18H16O4/c1-10(19)17-12(7-4-8-15(17)20)14-9-16(21)11-5-2-3-6-13(11)18(14)22/h2-3,5-6,9,12,20H,4,7-8H2,1H3. The SMILES string of the molecule is CC(=O)C1=C(O)CCCC1C1=CC(=O)c2ccccc2C1=O. The number of fused-ring (bicyclic) bond motifs is 1. The minimum atomic E-state index is -0.490. The van der Waals surface area contributed by atoms with Crippen LogP contribution >= 0.6 is 0 Å². The molecule has 2 aliphatic rings. The maximum atomic E-state index is 12.7. The highest BCUT2D eigenvalue weighted by molar-refractivity contribution is 6.25. The first-order valence-corrected chi connectivity index (χ1v) is 7.33. The first-order valence-electron chi connectivity index (χ1n) is 7.33. The summed E-state index contributed by atoms with van der Waals surface area (Å²) in [4.78, 5) is 36.8. The number of Topliss-reactive ketones (excluding diaryl/α,β-unsaturated/α-hetero) is 2. The van der Waals surface area contributed by atoms with E-state index in [1.807, 2.05) is 0 Å². The van der Waals surface area contributed by atoms with E-state index in [9.17, 15) is 19.5 Å². The fourth-order valence-corrected chi connectivity index (χ4v) is 3.31. The van der Waals surface area contributed by atoms with E-state index in [2.05, 4.69) is 0 Å². The predicted molar refractivity (Wildman–Crippen MR) is 80.9 cm³/mol. The lowest BCUT2D eigenvalue weighted by molar-refractivity contribution is -0.114. The zero-order valence-corrected chi connectivity index (χ0v) is 12.3. The lowest BCUT2D eigenvalue weighted by Gasteiger charge is -2.28. The first-order chi connectivity index (χ1) is 10.5. The third-order valence-corrected chi connectivity index (χ3v) is 4.31. The van der Waals surface area contributed by atoms with Gasteiger partial charge >= 0.3 is 0 Å². The number of rotatable bonds is 2. The summed E-state index contributed by atoms with van der Waals surface area (Å²) in [6.07, 6.45) is 3.05. The molecule has 0 spiro atoms. The van der Waals surface area contributed by atoms with Gasteiger partial charge in [-0.1, -0.05) is 24.3 Å². The van der Waals surface area contributed by atoms with Crippen molar-refractivity contribution in [3.63, 3.8) is 0 Å². The summed E-state index contributed by atoms with van der Waals surface area (Å²) < 4.78 is 0. The number of ketones is 3. The number of benzene rings is 1. The van der Waals surface area contributed by atoms with Crippen molar-refractivity contribution < 1.29 is 19.5 Å². The molecule has 0 saturated carbocycles. The molecule has 3 rings (SSSR count). The summed E-state index contributed by atoms with van der Waals surface area (Å²) >= 11 is 0. The van der Waals surface area contributed by atoms with Crippen LogP contribution < -0.4 is 0 Å². The van der Waals surface area contributed by atoms with Gasteiger partial charge in [-0.15, -0.1) is 0 Å². The highest BCUT2D eigenvalue weighted by Gasteiger charge is 2.35. The molecule has 0 saturated heterocycles. The fourth-order valence-electron chi connectivity index (χ4n) is 3.31. The second-order valence-corrected chi connectivity index (χ2v) is 5.70. The van der Waals surface area contributed by atoms with Gasteiger partial charge in [0.25, 0.3) is 0 Å². The first kappa shape index (κ1) is 14.4. The monoisotopic (exact) mass is 296 g/mol. The van der Waals surface area contributed by atoms with Crippen LogP contribution in [0.4, 0.5) is 0 Å². The summed E-state index contributed by atoms with van der Waals surface area (Å²) in [7, 11) is 0. The van der Waals surface area contributed by atoms with Crippen molar-refractivity contribution in [2.75, 3.05) is 0 Å². The Bertz CT molecular complexity index is 752. The second-order valence-electron chi connectivity index (χ2n) is 5.70. The van der Waals surface area contributed by atoms with Gasteiger partial charge in [-0.2, -0.15) is 0 Å². The maximum Gasteiger partial charge on any atom is 0.190 e. The van der Waals surface area contributed by atoms with Gasteiger partial charge in [-0.3, -0.25) is 14.4 Å². The molecule has 112 valence electrons. The lowest BCUT2D eigenvalue weighted by atomic mass is 9.74. The second kappa shape index (κ2) is 5.37. The molecule has 2 aliphatic carbocycles. The molecule has 0 aliphatic heterocycles. The minimum absolute atomic E-state index is 0.0451. The Morgan fingerprint density at radius 2 is 1.86 bits per heavy atom. The summed E-state index contributed by atoms with van der Waals surface area (Å²) in [5.41, 5.74) is 1.36. The molecular formula is C18H16O4. The number of aliphatic hydroxyl groups excluding tert-OH is 1. The topological polar surface area (TPSA) is 71.4 Å². The van der Waals surface area contributed by atoms with Crippen molar-refractivity contribution in [3.8, 4) is 0 Å². The number of carbonyl (C=O) groups excluding carboxylic acids is 3. The molecule has 1 unspecified atom stereocenters. The molecular weight excluding hydrogens is 280 g/mol. The van der Waals surface area contributed by atoms with Gasteiger partial charge in [0.1, 0.15) is 0 Å². The highest BCUT2D eigenvalue weighted by atomic mass is 16.3. The van der Waals surface area contributed by atoms with Crippen molar-refractivity contribution in [1.29, 1.82) is 0 Å². The number of hydrogen-bond acceptors (Lipinski definition) is 4. The van der Waals surface area contributed by atoms with Gasteiger partial charge in [-0.05, 0) is 25.8 Å². The van der Waals surface area contributed by atoms with Gasteiger partial charge in [-0.25, -0.2) is 0 Å². The smallest absolute Gasteiger partial charge is 0.190 e. The van der Waals surface area contributed by atoms with E-state index in [0.717, 1.165) is 0 Å². The molecule has 1 N–H and O–H groups in total. The Morgan fingerprint density at radius 1 is 1.18 bits per heavy atom. The van der Waals surface area contributed by atoms with Crippen LogP contribution in [0.15, 0.2) is 47.2 Å². The maximum absolute atomic E-state index is 12.7. The van der Waals surface area contributed by atoms with E-state index in [1.54, 1.807) is 24.3 Å². The van der Waals surface area contributed by atoms with Gasteiger partial charge < -0.3 is 5.11 Å². The average molecular weight is 296 g/mol. The van der Waals surface area contributed by atoms with Crippen LogP contribution in [0.2, 0.25) is 0 Å². The quantitative estimate of drug-likeness (QED) is 0.909. The third kappa shape index (κ3) is 2.21. The van der Waals surface area contributed by atoms with Gasteiger partial charge in [0, 0.05) is 34.6 Å². The fraction of sp³-hybridized carbons (Fsp3) is 0.278. The molecule has 4 nitrogen and oxygen atoms in total. The van der Waals surface area contributed by atoms with Crippen molar-refractivity contribution in [3.05, 3.63) is 58.4 Å². The van der Waals surface area contributed by atoms with Crippen LogP contribution in [0.3, 0.4) is 0 Å². The molecule has 0 bridgehead atoms. The van der Waals surface area contributed by atoms with Crippen LogP contribution in [0.5, 0.6) is 0 Å². The highest BCUT2D eigenvalue weighted by Crippen LogP contribution is 2.38. The Labute approximate surface area is 128 Å². The molecule has 4 heteroatoms. The summed E-state index contributed by atoms with van der Waals surface area (Å²) in [6.45, 7) is 1.38. The van der Waals surface area contributed by atoms with Crippen molar-refractivity contribution in [2.24, 2.45) is 5.92 Å². The van der Waals surface area contributed by atoms with E-state index in [1.165, 1.54) is 13.0 Å². The van der Waals surface area contributed by atoms with E-state index in [-0.39, 0.29) is 28.7 Å². The average Bonchev–Trinajstić information content (AvgIpc) is 2.50. The number of carbonyl (C=O) groups is 3. The van der Waals surface area contributed by atoms with Crippen molar-refractivity contribution in [1.82, 2.24) is 0 Å². The zero-order chi connectivity index (χ0) is 15.9. The zero-order valence-electron chi connectivity index (χ0n) is 12.3. The number of hydrogen-bond donors (Lipinski definition) is 1. The van der Waals surface area contributed by atoms with Crippen LogP contribution in [-0.2, 0) is 4.79 Å². The van der Waals surface area contributed by atoms with E-state index >= 15 is 0 Å². The number of aliphatic hydroxyl groups is 1. The Kier molecular flexibility index (Phi) is 3.53. The van der Waals surface area contributed by atoms with E-state index < -0.39 is 5.92 Å². The summed E-state index contributed by atoms with van der Waals surface area (Å²) in [5, 5.41) is 10.0. The minimum Gasteiger partial charge on any atom is -0.512 e. The molecule has 0 aromatic heterocycles. The molecule has 0 heterocycles. The van der Waals surface area contributed by atoms with E-state index in [0.29, 0.717) is 36.0 Å². The normalized spacial score (nSPS) is 21.5. The van der Waals surface area contributed by atoms with Gasteiger partial charge in [0.2, 0.25) is 0 Å². The summed E-state index contributed by atoms with van der Waals surface area (Å²) in [6, 6.07) is 6.69. The van der Waals surface area contributed by atoms with Gasteiger partial charge in [0.05, 0.1) is 5.76 Å². The Balaban J connectivity index is 2.10. The Morgan fingerprint density at radius 3 is 2.55 bits per heavy atom. The Hall–Kier alpha value is -2.49. The third-order valence-electron chi connectivity index (χ3n) is 4.31. The molecule has 0 amide bonds. The van der Waals surface area contributed by atoms with Crippen LogP contribution in [0, 0.1) is 5.92 Å². The molecule has 0 fully saturated rings. The molecule has 1 aromatic rings. The summed E-state index contributed by atoms with van der Waals surface area (Å²) in [5.74, 6) is -1.14. The van der Waals surface area contributed by atoms with Crippen LogP contribution in [-0.4, -0.2) is 22.5 Å². The molecule has 0 radical (unpaired) electrons. The molecule has 1 atom stereocenters. The van der Waals surface area contributed by atoms with Crippen molar-refractivity contribution >= 4 is 17.3 Å². The van der Waals surface area contributed by atoms with Crippen LogP contribution in [0.25, 0.3) is 0 Å². The van der Waals surface area contributed by atoms with Crippen molar-refractivity contribution in [2.45, 2.75) is 26.2 Å². The van der Waals surface area contributed by atoms with E-state index in [4.69, 9.17) is 0 Å². The van der Waals surface area contributed by atoms with Gasteiger partial charge in [0.15, 0.2) is 17.3 Å². The molecule has 1 aromatic carbocycles. The largest absolute Gasteiger partial charge is 0.512 e. The number of allylic oxidation sites excluding steroid dienone is 4.